The maximum atomic E-state index is 12.6. The molecule has 0 N–H and O–H groups in total. The van der Waals surface area contributed by atoms with E-state index in [1.165, 1.54) is 28.2 Å². The zero-order valence-corrected chi connectivity index (χ0v) is 17.7. The van der Waals surface area contributed by atoms with Crippen molar-refractivity contribution in [2.75, 3.05) is 0 Å². The molecule has 0 saturated heterocycles. The summed E-state index contributed by atoms with van der Waals surface area (Å²) >= 11 is 0. The van der Waals surface area contributed by atoms with Crippen LogP contribution in [-0.2, 0) is 9.59 Å². The van der Waals surface area contributed by atoms with E-state index in [2.05, 4.69) is 55.5 Å². The molecule has 3 nitrogen and oxygen atoms in total. The van der Waals surface area contributed by atoms with Gasteiger partial charge < -0.3 is 0 Å². The van der Waals surface area contributed by atoms with E-state index in [9.17, 15) is 9.59 Å². The van der Waals surface area contributed by atoms with Crippen molar-refractivity contribution in [3.8, 4) is 0 Å². The molecule has 156 valence electrons. The van der Waals surface area contributed by atoms with Crippen LogP contribution in [0.5, 0.6) is 0 Å². The van der Waals surface area contributed by atoms with Gasteiger partial charge in [-0.3, -0.25) is 14.5 Å². The summed E-state index contributed by atoms with van der Waals surface area (Å²) in [7, 11) is 0. The lowest BCUT2D eigenvalue weighted by Crippen LogP contribution is -2.35. The highest BCUT2D eigenvalue weighted by molar-refractivity contribution is 6.13. The molecule has 1 aliphatic rings. The lowest BCUT2D eigenvalue weighted by atomic mass is 9.81. The number of carbonyl (C=O) groups is 2. The van der Waals surface area contributed by atoms with Crippen LogP contribution < -0.4 is 0 Å². The van der Waals surface area contributed by atoms with Crippen LogP contribution in [-0.4, -0.2) is 16.7 Å². The van der Waals surface area contributed by atoms with Crippen LogP contribution in [0.25, 0.3) is 0 Å². The van der Waals surface area contributed by atoms with Crippen molar-refractivity contribution in [3.05, 3.63) is 120 Å². The highest BCUT2D eigenvalue weighted by Crippen LogP contribution is 2.39. The SMILES string of the molecule is CC(CC(CC(c1ccccc1)N1C(=O)C=CC1=O)c1ccccc1)c1ccccc1. The van der Waals surface area contributed by atoms with E-state index in [0.717, 1.165) is 12.0 Å². The standard InChI is InChI=1S/C28H27NO2/c1-21(22-11-5-2-6-12-22)19-25(23-13-7-3-8-14-23)20-26(24-15-9-4-10-16-24)29-27(30)17-18-28(29)31/h2-18,21,25-26H,19-20H2,1H3. The van der Waals surface area contributed by atoms with Crippen LogP contribution in [0, 0.1) is 0 Å². The first-order valence-electron chi connectivity index (χ1n) is 10.8. The molecule has 2 amide bonds. The average molecular weight is 410 g/mol. The minimum absolute atomic E-state index is 0.197. The lowest BCUT2D eigenvalue weighted by molar-refractivity contribution is -0.140. The molecule has 1 heterocycles. The summed E-state index contributed by atoms with van der Waals surface area (Å²) in [5, 5.41) is 0. The maximum Gasteiger partial charge on any atom is 0.254 e. The zero-order chi connectivity index (χ0) is 21.6. The number of carbonyl (C=O) groups excluding carboxylic acids is 2. The Hall–Kier alpha value is -3.46. The molecule has 3 unspecified atom stereocenters. The van der Waals surface area contributed by atoms with Crippen LogP contribution in [0.4, 0.5) is 0 Å². The molecule has 3 heteroatoms. The first-order chi connectivity index (χ1) is 15.1. The van der Waals surface area contributed by atoms with Crippen molar-refractivity contribution in [3.63, 3.8) is 0 Å². The topological polar surface area (TPSA) is 37.4 Å². The van der Waals surface area contributed by atoms with Gasteiger partial charge in [0, 0.05) is 12.2 Å². The molecule has 31 heavy (non-hydrogen) atoms. The minimum atomic E-state index is -0.302. The second kappa shape index (κ2) is 9.57. The number of benzene rings is 3. The van der Waals surface area contributed by atoms with Crippen LogP contribution in [0.1, 0.15) is 54.3 Å². The Morgan fingerprint density at radius 2 is 1.06 bits per heavy atom. The summed E-state index contributed by atoms with van der Waals surface area (Å²) in [5.74, 6) is 0.0808. The van der Waals surface area contributed by atoms with Gasteiger partial charge in [-0.15, -0.1) is 0 Å². The molecular weight excluding hydrogens is 382 g/mol. The van der Waals surface area contributed by atoms with E-state index in [4.69, 9.17) is 0 Å². The number of imide groups is 1. The molecule has 0 saturated carbocycles. The average Bonchev–Trinajstić information content (AvgIpc) is 3.16. The molecule has 4 rings (SSSR count). The molecule has 0 radical (unpaired) electrons. The summed E-state index contributed by atoms with van der Waals surface area (Å²) in [6.07, 6.45) is 4.37. The number of rotatable bonds is 8. The molecule has 0 fully saturated rings. The molecule has 0 aromatic heterocycles. The number of amides is 2. The smallest absolute Gasteiger partial charge is 0.254 e. The molecule has 3 aromatic carbocycles. The van der Waals surface area contributed by atoms with E-state index in [-0.39, 0.29) is 23.8 Å². The normalized spacial score (nSPS) is 16.4. The van der Waals surface area contributed by atoms with Gasteiger partial charge in [0.05, 0.1) is 6.04 Å². The largest absolute Gasteiger partial charge is 0.269 e. The molecule has 1 aliphatic heterocycles. The third-order valence-corrected chi connectivity index (χ3v) is 6.12. The van der Waals surface area contributed by atoms with Crippen molar-refractivity contribution in [2.45, 2.75) is 37.6 Å². The van der Waals surface area contributed by atoms with E-state index in [0.29, 0.717) is 12.3 Å². The summed E-state index contributed by atoms with van der Waals surface area (Å²) in [6, 6.07) is 30.5. The van der Waals surface area contributed by atoms with E-state index < -0.39 is 0 Å². The quantitative estimate of drug-likeness (QED) is 0.427. The van der Waals surface area contributed by atoms with Gasteiger partial charge in [-0.05, 0) is 41.4 Å². The Morgan fingerprint density at radius 3 is 1.58 bits per heavy atom. The monoisotopic (exact) mass is 409 g/mol. The van der Waals surface area contributed by atoms with E-state index in [1.54, 1.807) is 0 Å². The van der Waals surface area contributed by atoms with E-state index >= 15 is 0 Å². The van der Waals surface area contributed by atoms with Gasteiger partial charge in [-0.25, -0.2) is 0 Å². The first kappa shape index (κ1) is 20.8. The van der Waals surface area contributed by atoms with Gasteiger partial charge >= 0.3 is 0 Å². The van der Waals surface area contributed by atoms with Crippen molar-refractivity contribution in [1.29, 1.82) is 0 Å². The van der Waals surface area contributed by atoms with Gasteiger partial charge in [0.15, 0.2) is 0 Å². The molecule has 0 spiro atoms. The van der Waals surface area contributed by atoms with Crippen LogP contribution >= 0.6 is 0 Å². The lowest BCUT2D eigenvalue weighted by Gasteiger charge is -2.31. The number of hydrogen-bond donors (Lipinski definition) is 0. The summed E-state index contributed by atoms with van der Waals surface area (Å²) in [5.41, 5.74) is 3.52. The Bertz CT molecular complexity index is 1030. The minimum Gasteiger partial charge on any atom is -0.269 e. The maximum absolute atomic E-state index is 12.6. The fraction of sp³-hybridized carbons (Fsp3) is 0.214. The highest BCUT2D eigenvalue weighted by Gasteiger charge is 2.34. The first-order valence-corrected chi connectivity index (χ1v) is 10.8. The fourth-order valence-corrected chi connectivity index (χ4v) is 4.49. The molecular formula is C28H27NO2. The third-order valence-electron chi connectivity index (χ3n) is 6.12. The number of hydrogen-bond acceptors (Lipinski definition) is 2. The highest BCUT2D eigenvalue weighted by atomic mass is 16.2. The van der Waals surface area contributed by atoms with Gasteiger partial charge in [0.2, 0.25) is 0 Å². The van der Waals surface area contributed by atoms with Crippen molar-refractivity contribution >= 4 is 11.8 Å². The van der Waals surface area contributed by atoms with Crippen LogP contribution in [0.15, 0.2) is 103 Å². The van der Waals surface area contributed by atoms with Crippen molar-refractivity contribution in [1.82, 2.24) is 4.90 Å². The second-order valence-corrected chi connectivity index (χ2v) is 8.20. The predicted molar refractivity (Wildman–Crippen MR) is 123 cm³/mol. The number of nitrogens with zero attached hydrogens (tertiary/aromatic N) is 1. The second-order valence-electron chi connectivity index (χ2n) is 8.20. The molecule has 3 atom stereocenters. The van der Waals surface area contributed by atoms with Crippen LogP contribution in [0.2, 0.25) is 0 Å². The van der Waals surface area contributed by atoms with Gasteiger partial charge in [0.25, 0.3) is 11.8 Å². The van der Waals surface area contributed by atoms with Crippen molar-refractivity contribution in [2.24, 2.45) is 0 Å². The van der Waals surface area contributed by atoms with Crippen LogP contribution in [0.3, 0.4) is 0 Å². The van der Waals surface area contributed by atoms with Gasteiger partial charge in [0.1, 0.15) is 0 Å². The van der Waals surface area contributed by atoms with Gasteiger partial charge in [-0.1, -0.05) is 97.9 Å². The fourth-order valence-electron chi connectivity index (χ4n) is 4.49. The molecule has 0 bridgehead atoms. The van der Waals surface area contributed by atoms with Gasteiger partial charge in [-0.2, -0.15) is 0 Å². The van der Waals surface area contributed by atoms with E-state index in [1.807, 2.05) is 42.5 Å². The zero-order valence-electron chi connectivity index (χ0n) is 17.7. The predicted octanol–water partition coefficient (Wildman–Crippen LogP) is 6.02. The summed E-state index contributed by atoms with van der Waals surface area (Å²) in [4.78, 5) is 26.6. The Morgan fingerprint density at radius 1 is 0.613 bits per heavy atom. The molecule has 3 aromatic rings. The summed E-state index contributed by atoms with van der Waals surface area (Å²) in [6.45, 7) is 2.25. The van der Waals surface area contributed by atoms with Crippen molar-refractivity contribution < 1.29 is 9.59 Å². The Labute approximate surface area is 184 Å². The molecule has 0 aliphatic carbocycles. The Balaban J connectivity index is 1.67. The summed E-state index contributed by atoms with van der Waals surface area (Å²) < 4.78 is 0. The Kier molecular flexibility index (Phi) is 6.42. The third kappa shape index (κ3) is 4.83.